The van der Waals surface area contributed by atoms with Gasteiger partial charge in [0.15, 0.2) is 0 Å². The van der Waals surface area contributed by atoms with Gasteiger partial charge in [0.1, 0.15) is 11.6 Å². The number of halogens is 1. The second kappa shape index (κ2) is 6.65. The zero-order valence-corrected chi connectivity index (χ0v) is 11.1. The minimum atomic E-state index is -0.393. The molecule has 0 bridgehead atoms. The standard InChI is InChI=1S/C15H15FN2O2/c1-11(18-19)14-5-4-13(16)9-15(14)20-8-6-12-3-2-7-17-10-12/h2-5,7,9-10,19H,6,8H2,1H3. The maximum absolute atomic E-state index is 13.3. The Bertz CT molecular complexity index is 600. The van der Waals surface area contributed by atoms with Crippen molar-refractivity contribution in [3.8, 4) is 5.75 Å². The van der Waals surface area contributed by atoms with Crippen molar-refractivity contribution in [1.82, 2.24) is 4.98 Å². The van der Waals surface area contributed by atoms with Crippen LogP contribution in [0, 0.1) is 5.82 Å². The summed E-state index contributed by atoms with van der Waals surface area (Å²) in [5.74, 6) is -0.0277. The second-order valence-corrected chi connectivity index (χ2v) is 4.29. The molecule has 0 saturated heterocycles. The minimum Gasteiger partial charge on any atom is -0.492 e. The summed E-state index contributed by atoms with van der Waals surface area (Å²) in [6, 6.07) is 7.92. The van der Waals surface area contributed by atoms with Gasteiger partial charge in [-0.05, 0) is 30.7 Å². The third-order valence-corrected chi connectivity index (χ3v) is 2.85. The van der Waals surface area contributed by atoms with Gasteiger partial charge >= 0.3 is 0 Å². The summed E-state index contributed by atoms with van der Waals surface area (Å²) < 4.78 is 18.9. The zero-order chi connectivity index (χ0) is 14.4. The fourth-order valence-corrected chi connectivity index (χ4v) is 1.79. The van der Waals surface area contributed by atoms with Crippen molar-refractivity contribution in [2.75, 3.05) is 6.61 Å². The van der Waals surface area contributed by atoms with E-state index >= 15 is 0 Å². The second-order valence-electron chi connectivity index (χ2n) is 4.29. The Hall–Kier alpha value is -2.43. The van der Waals surface area contributed by atoms with Crippen molar-refractivity contribution in [1.29, 1.82) is 0 Å². The van der Waals surface area contributed by atoms with Crippen molar-refractivity contribution in [3.05, 3.63) is 59.7 Å². The first-order valence-corrected chi connectivity index (χ1v) is 6.21. The fraction of sp³-hybridized carbons (Fsp3) is 0.200. The maximum atomic E-state index is 13.3. The molecule has 0 aliphatic carbocycles. The van der Waals surface area contributed by atoms with Crippen LogP contribution in [0.25, 0.3) is 0 Å². The number of hydrogen-bond donors (Lipinski definition) is 1. The lowest BCUT2D eigenvalue weighted by Crippen LogP contribution is -2.06. The van der Waals surface area contributed by atoms with E-state index in [4.69, 9.17) is 9.94 Å². The Balaban J connectivity index is 2.07. The van der Waals surface area contributed by atoms with Crippen LogP contribution in [0.5, 0.6) is 5.75 Å². The van der Waals surface area contributed by atoms with Gasteiger partial charge in [-0.3, -0.25) is 4.98 Å². The topological polar surface area (TPSA) is 54.7 Å². The Morgan fingerprint density at radius 2 is 2.25 bits per heavy atom. The van der Waals surface area contributed by atoms with Crippen LogP contribution in [0.15, 0.2) is 47.9 Å². The quantitative estimate of drug-likeness (QED) is 0.518. The number of nitrogens with zero attached hydrogens (tertiary/aromatic N) is 2. The van der Waals surface area contributed by atoms with Gasteiger partial charge in [0.2, 0.25) is 0 Å². The molecule has 0 aliphatic rings. The number of rotatable bonds is 5. The Labute approximate surface area is 116 Å². The molecule has 104 valence electrons. The summed E-state index contributed by atoms with van der Waals surface area (Å²) in [6.45, 7) is 2.02. The summed E-state index contributed by atoms with van der Waals surface area (Å²) in [5, 5.41) is 11.9. The average molecular weight is 274 g/mol. The summed E-state index contributed by atoms with van der Waals surface area (Å²) in [6.07, 6.45) is 4.13. The lowest BCUT2D eigenvalue weighted by molar-refractivity contribution is 0.313. The molecule has 0 aliphatic heterocycles. The van der Waals surface area contributed by atoms with Gasteiger partial charge in [0.25, 0.3) is 0 Å². The Morgan fingerprint density at radius 3 is 2.95 bits per heavy atom. The normalized spacial score (nSPS) is 11.4. The van der Waals surface area contributed by atoms with Gasteiger partial charge in [0, 0.05) is 30.4 Å². The molecular formula is C15H15FN2O2. The molecule has 0 radical (unpaired) electrons. The molecule has 2 aromatic rings. The van der Waals surface area contributed by atoms with Crippen LogP contribution in [-0.2, 0) is 6.42 Å². The first-order valence-electron chi connectivity index (χ1n) is 6.21. The van der Waals surface area contributed by atoms with E-state index in [9.17, 15) is 4.39 Å². The van der Waals surface area contributed by atoms with E-state index in [-0.39, 0.29) is 0 Å². The van der Waals surface area contributed by atoms with Crippen molar-refractivity contribution >= 4 is 5.71 Å². The van der Waals surface area contributed by atoms with Crippen LogP contribution in [0.3, 0.4) is 0 Å². The Kier molecular flexibility index (Phi) is 4.65. The van der Waals surface area contributed by atoms with Gasteiger partial charge in [-0.15, -0.1) is 0 Å². The van der Waals surface area contributed by atoms with Crippen LogP contribution in [0.4, 0.5) is 4.39 Å². The first kappa shape index (κ1) is 14.0. The summed E-state index contributed by atoms with van der Waals surface area (Å²) >= 11 is 0. The van der Waals surface area contributed by atoms with E-state index in [0.29, 0.717) is 30.1 Å². The monoisotopic (exact) mass is 274 g/mol. The maximum Gasteiger partial charge on any atom is 0.131 e. The summed E-state index contributed by atoms with van der Waals surface area (Å²) in [7, 11) is 0. The van der Waals surface area contributed by atoms with Gasteiger partial charge in [-0.25, -0.2) is 4.39 Å². The number of oxime groups is 1. The van der Waals surface area contributed by atoms with Crippen LogP contribution in [0.1, 0.15) is 18.1 Å². The average Bonchev–Trinajstić information content (AvgIpc) is 2.48. The third-order valence-electron chi connectivity index (χ3n) is 2.85. The van der Waals surface area contributed by atoms with Gasteiger partial charge < -0.3 is 9.94 Å². The fourth-order valence-electron chi connectivity index (χ4n) is 1.79. The van der Waals surface area contributed by atoms with Gasteiger partial charge in [-0.2, -0.15) is 0 Å². The SMILES string of the molecule is CC(=NO)c1ccc(F)cc1OCCc1cccnc1. The number of aromatic nitrogens is 1. The molecule has 0 amide bonds. The molecule has 0 atom stereocenters. The highest BCUT2D eigenvalue weighted by Gasteiger charge is 2.09. The highest BCUT2D eigenvalue weighted by molar-refractivity contribution is 6.00. The largest absolute Gasteiger partial charge is 0.492 e. The number of pyridine rings is 1. The van der Waals surface area contributed by atoms with E-state index in [1.807, 2.05) is 12.1 Å². The molecule has 0 saturated carbocycles. The molecule has 2 rings (SSSR count). The summed E-state index contributed by atoms with van der Waals surface area (Å²) in [4.78, 5) is 4.02. The van der Waals surface area contributed by atoms with E-state index in [1.54, 1.807) is 19.3 Å². The third kappa shape index (κ3) is 3.54. The molecule has 1 aromatic carbocycles. The van der Waals surface area contributed by atoms with Crippen molar-refractivity contribution in [2.24, 2.45) is 5.16 Å². The van der Waals surface area contributed by atoms with Crippen molar-refractivity contribution in [2.45, 2.75) is 13.3 Å². The van der Waals surface area contributed by atoms with E-state index < -0.39 is 5.82 Å². The van der Waals surface area contributed by atoms with E-state index in [1.165, 1.54) is 18.2 Å². The van der Waals surface area contributed by atoms with E-state index in [2.05, 4.69) is 10.1 Å². The molecule has 0 spiro atoms. The Morgan fingerprint density at radius 1 is 1.40 bits per heavy atom. The summed E-state index contributed by atoms with van der Waals surface area (Å²) in [5.41, 5.74) is 1.99. The molecule has 1 aromatic heterocycles. The lowest BCUT2D eigenvalue weighted by Gasteiger charge is -2.11. The molecule has 0 unspecified atom stereocenters. The number of ether oxygens (including phenoxy) is 1. The first-order chi connectivity index (χ1) is 9.70. The zero-order valence-electron chi connectivity index (χ0n) is 11.1. The molecule has 20 heavy (non-hydrogen) atoms. The van der Waals surface area contributed by atoms with Crippen LogP contribution >= 0.6 is 0 Å². The van der Waals surface area contributed by atoms with Crippen LogP contribution in [0.2, 0.25) is 0 Å². The molecule has 1 N–H and O–H groups in total. The molecule has 0 fully saturated rings. The predicted molar refractivity (Wildman–Crippen MR) is 73.8 cm³/mol. The number of benzene rings is 1. The van der Waals surface area contributed by atoms with E-state index in [0.717, 1.165) is 5.56 Å². The number of hydrogen-bond acceptors (Lipinski definition) is 4. The predicted octanol–water partition coefficient (Wildman–Crippen LogP) is 3.04. The highest BCUT2D eigenvalue weighted by atomic mass is 19.1. The van der Waals surface area contributed by atoms with Gasteiger partial charge in [0.05, 0.1) is 12.3 Å². The van der Waals surface area contributed by atoms with Crippen molar-refractivity contribution in [3.63, 3.8) is 0 Å². The molecular weight excluding hydrogens is 259 g/mol. The molecule has 5 heteroatoms. The molecule has 4 nitrogen and oxygen atoms in total. The smallest absolute Gasteiger partial charge is 0.131 e. The van der Waals surface area contributed by atoms with Crippen LogP contribution in [-0.4, -0.2) is 22.5 Å². The van der Waals surface area contributed by atoms with Crippen molar-refractivity contribution < 1.29 is 14.3 Å². The minimum absolute atomic E-state index is 0.365. The highest BCUT2D eigenvalue weighted by Crippen LogP contribution is 2.21. The van der Waals surface area contributed by atoms with Gasteiger partial charge in [-0.1, -0.05) is 11.2 Å². The lowest BCUT2D eigenvalue weighted by atomic mass is 10.1. The molecule has 1 heterocycles. The van der Waals surface area contributed by atoms with Crippen LogP contribution < -0.4 is 4.74 Å².